The van der Waals surface area contributed by atoms with Gasteiger partial charge in [-0.25, -0.2) is 4.79 Å². The minimum atomic E-state index is -1.41. The van der Waals surface area contributed by atoms with Gasteiger partial charge >= 0.3 is 11.9 Å². The van der Waals surface area contributed by atoms with Crippen LogP contribution in [0.3, 0.4) is 0 Å². The lowest BCUT2D eigenvalue weighted by atomic mass is 9.54. The van der Waals surface area contributed by atoms with Crippen molar-refractivity contribution in [1.29, 1.82) is 0 Å². The van der Waals surface area contributed by atoms with E-state index < -0.39 is 47.2 Å². The second-order valence-electron chi connectivity index (χ2n) is 11.9. The largest absolute Gasteiger partial charge is 0.481 e. The maximum atomic E-state index is 13.8. The van der Waals surface area contributed by atoms with Crippen LogP contribution in [-0.4, -0.2) is 82.1 Å². The number of nitrogens with zero attached hydrogens (tertiary/aromatic N) is 1. The second kappa shape index (κ2) is 12.3. The Morgan fingerprint density at radius 1 is 1.18 bits per heavy atom. The van der Waals surface area contributed by atoms with Gasteiger partial charge in [0.15, 0.2) is 6.10 Å². The van der Waals surface area contributed by atoms with Crippen LogP contribution in [0.5, 0.6) is 5.75 Å². The number of esters is 2. The number of piperidine rings is 1. The van der Waals surface area contributed by atoms with Gasteiger partial charge in [0.25, 0.3) is 0 Å². The highest BCUT2D eigenvalue weighted by atomic mass is 16.6. The van der Waals surface area contributed by atoms with Gasteiger partial charge in [-0.05, 0) is 52.4 Å². The zero-order valence-corrected chi connectivity index (χ0v) is 25.4. The molecule has 0 radical (unpaired) electrons. The average Bonchev–Trinajstić information content (AvgIpc) is 3.37. The van der Waals surface area contributed by atoms with E-state index in [1.165, 1.54) is 6.92 Å². The predicted molar refractivity (Wildman–Crippen MR) is 158 cm³/mol. The summed E-state index contributed by atoms with van der Waals surface area (Å²) in [4.78, 5) is 40.3. The fourth-order valence-electron chi connectivity index (χ4n) is 6.87. The summed E-state index contributed by atoms with van der Waals surface area (Å²) in [6.07, 6.45) is -1.37. The van der Waals surface area contributed by atoms with Gasteiger partial charge in [-0.3, -0.25) is 9.59 Å². The number of aliphatic hydroxyl groups is 3. The third-order valence-electron chi connectivity index (χ3n) is 9.40. The van der Waals surface area contributed by atoms with E-state index >= 15 is 0 Å². The number of rotatable bonds is 9. The van der Waals surface area contributed by atoms with Gasteiger partial charge in [-0.1, -0.05) is 42.5 Å². The molecule has 1 fully saturated rings. The smallest absolute Gasteiger partial charge is 0.357 e. The Labute approximate surface area is 256 Å². The normalized spacial score (nSPS) is 27.0. The molecule has 0 saturated carbocycles. The number of ether oxygens (including phenoxy) is 3. The molecule has 0 bridgehead atoms. The van der Waals surface area contributed by atoms with Crippen molar-refractivity contribution in [3.63, 3.8) is 0 Å². The third-order valence-corrected chi connectivity index (χ3v) is 9.40. The Bertz CT molecular complexity index is 1460. The highest BCUT2D eigenvalue weighted by molar-refractivity contribution is 5.83. The van der Waals surface area contributed by atoms with E-state index in [1.807, 2.05) is 27.0 Å². The van der Waals surface area contributed by atoms with Crippen LogP contribution < -0.4 is 10.1 Å². The van der Waals surface area contributed by atoms with E-state index in [2.05, 4.69) is 10.2 Å². The summed E-state index contributed by atoms with van der Waals surface area (Å²) in [6.45, 7) is 5.54. The minimum absolute atomic E-state index is 0.0846. The van der Waals surface area contributed by atoms with Crippen LogP contribution in [0.4, 0.5) is 0 Å². The number of likely N-dealkylation sites (N-methyl/N-ethyl adjacent to an activating group) is 1. The molecule has 3 aliphatic rings. The third kappa shape index (κ3) is 5.27. The molecule has 11 heteroatoms. The molecule has 236 valence electrons. The van der Waals surface area contributed by atoms with Gasteiger partial charge in [-0.15, -0.1) is 0 Å². The molecule has 2 aromatic rings. The molecule has 4 N–H and O–H groups in total. The van der Waals surface area contributed by atoms with E-state index in [1.54, 1.807) is 42.5 Å². The van der Waals surface area contributed by atoms with E-state index in [0.29, 0.717) is 29.8 Å². The molecule has 1 amide bonds. The first kappa shape index (κ1) is 31.6. The number of fused-ring (bicyclic) bond motifs is 1. The number of likely N-dealkylation sites (tertiary alicyclic amines) is 1. The average molecular weight is 609 g/mol. The summed E-state index contributed by atoms with van der Waals surface area (Å²) in [5.41, 5.74) is 0.447. The number of carbonyl (C=O) groups is 3. The van der Waals surface area contributed by atoms with Crippen LogP contribution >= 0.6 is 0 Å². The first-order valence-electron chi connectivity index (χ1n) is 14.9. The topological polar surface area (TPSA) is 155 Å². The number of nitrogens with one attached hydrogen (secondary N) is 1. The summed E-state index contributed by atoms with van der Waals surface area (Å²) in [6, 6.07) is 11.9. The molecule has 5 rings (SSSR count). The van der Waals surface area contributed by atoms with Crippen molar-refractivity contribution in [2.75, 3.05) is 20.1 Å². The maximum Gasteiger partial charge on any atom is 0.357 e. The molecule has 0 aromatic heterocycles. The van der Waals surface area contributed by atoms with E-state index in [0.717, 1.165) is 11.1 Å². The van der Waals surface area contributed by atoms with Gasteiger partial charge in [0.2, 0.25) is 12.0 Å². The van der Waals surface area contributed by atoms with Crippen LogP contribution in [0.1, 0.15) is 61.5 Å². The Morgan fingerprint density at radius 2 is 1.91 bits per heavy atom. The summed E-state index contributed by atoms with van der Waals surface area (Å²) in [5, 5.41) is 34.4. The van der Waals surface area contributed by atoms with Gasteiger partial charge < -0.3 is 39.7 Å². The van der Waals surface area contributed by atoms with Crippen LogP contribution in [-0.2, 0) is 35.9 Å². The van der Waals surface area contributed by atoms with Gasteiger partial charge in [-0.2, -0.15) is 0 Å². The SMILES string of the molecule is Cc1ccc(CO)c2c1[C@]13CCN(C)[C@H](C)[C@]1(O)CC=C(OC(=O)[C@@H](OC(=O)CCNC(=O)[C@H](C)O)c1ccccc1)[C@@H]3O2. The molecule has 2 aromatic carbocycles. The first-order valence-corrected chi connectivity index (χ1v) is 14.9. The highest BCUT2D eigenvalue weighted by Gasteiger charge is 2.69. The number of aliphatic hydroxyl groups excluding tert-OH is 2. The van der Waals surface area contributed by atoms with Crippen LogP contribution in [0, 0.1) is 6.92 Å². The molecular formula is C33H40N2O9. The lowest BCUT2D eigenvalue weighted by molar-refractivity contribution is -0.173. The molecule has 2 heterocycles. The number of hydrogen-bond donors (Lipinski definition) is 4. The van der Waals surface area contributed by atoms with Crippen molar-refractivity contribution in [3.8, 4) is 5.75 Å². The van der Waals surface area contributed by atoms with Crippen molar-refractivity contribution in [2.45, 2.75) is 82.0 Å². The summed E-state index contributed by atoms with van der Waals surface area (Å²) in [7, 11) is 1.96. The van der Waals surface area contributed by atoms with Crippen molar-refractivity contribution in [3.05, 3.63) is 76.6 Å². The predicted octanol–water partition coefficient (Wildman–Crippen LogP) is 1.94. The molecule has 11 nitrogen and oxygen atoms in total. The number of benzene rings is 2. The van der Waals surface area contributed by atoms with E-state index in [4.69, 9.17) is 14.2 Å². The zero-order chi connectivity index (χ0) is 31.8. The second-order valence-corrected chi connectivity index (χ2v) is 11.9. The Balaban J connectivity index is 1.46. The Hall–Kier alpha value is -3.77. The molecule has 1 saturated heterocycles. The van der Waals surface area contributed by atoms with E-state index in [-0.39, 0.29) is 37.8 Å². The quantitative estimate of drug-likeness (QED) is 0.311. The van der Waals surface area contributed by atoms with Crippen LogP contribution in [0.25, 0.3) is 0 Å². The summed E-state index contributed by atoms with van der Waals surface area (Å²) < 4.78 is 18.1. The van der Waals surface area contributed by atoms with Crippen molar-refractivity contribution < 1.29 is 43.9 Å². The fourth-order valence-corrected chi connectivity index (χ4v) is 6.87. The standard InChI is InChI=1S/C33H40N2O9/c1-19-10-11-23(18-36)27-26(19)32-15-17-35(4)21(3)33(32,41)14-12-24(29(32)44-27)42-31(40)28(22-8-6-5-7-9-22)43-25(38)13-16-34-30(39)20(2)37/h5-12,20-21,28-29,36-37,41H,13-18H2,1-4H3,(H,34,39)/t20-,21+,28-,29-,32-,33+/m0/s1. The van der Waals surface area contributed by atoms with Crippen LogP contribution in [0.15, 0.2) is 54.3 Å². The van der Waals surface area contributed by atoms with Gasteiger partial charge in [0.1, 0.15) is 17.6 Å². The highest BCUT2D eigenvalue weighted by Crippen LogP contribution is 2.61. The zero-order valence-electron chi connectivity index (χ0n) is 25.4. The maximum absolute atomic E-state index is 13.8. The number of hydrogen-bond acceptors (Lipinski definition) is 10. The minimum Gasteiger partial charge on any atom is -0.481 e. The fraction of sp³-hybridized carbons (Fsp3) is 0.485. The summed E-state index contributed by atoms with van der Waals surface area (Å²) >= 11 is 0. The van der Waals surface area contributed by atoms with Crippen molar-refractivity contribution in [2.24, 2.45) is 0 Å². The van der Waals surface area contributed by atoms with Crippen molar-refractivity contribution >= 4 is 17.8 Å². The van der Waals surface area contributed by atoms with Crippen LogP contribution in [0.2, 0.25) is 0 Å². The lowest BCUT2D eigenvalue weighted by Gasteiger charge is -2.58. The Morgan fingerprint density at radius 3 is 2.59 bits per heavy atom. The summed E-state index contributed by atoms with van der Waals surface area (Å²) in [5.74, 6) is -1.53. The first-order chi connectivity index (χ1) is 20.9. The molecule has 1 aliphatic carbocycles. The Kier molecular flexibility index (Phi) is 8.86. The molecule has 1 spiro atoms. The number of amides is 1. The number of carbonyl (C=O) groups excluding carboxylic acids is 3. The van der Waals surface area contributed by atoms with Crippen molar-refractivity contribution in [1.82, 2.24) is 10.2 Å². The molecule has 6 atom stereocenters. The molecule has 44 heavy (non-hydrogen) atoms. The monoisotopic (exact) mass is 608 g/mol. The van der Waals surface area contributed by atoms with E-state index in [9.17, 15) is 29.7 Å². The van der Waals surface area contributed by atoms with Gasteiger partial charge in [0.05, 0.1) is 24.0 Å². The number of aryl methyl sites for hydroxylation is 1. The molecule has 2 aliphatic heterocycles. The van der Waals surface area contributed by atoms with Gasteiger partial charge in [0, 0.05) is 35.7 Å². The lowest BCUT2D eigenvalue weighted by Crippen LogP contribution is -2.71. The molecule has 0 unspecified atom stereocenters. The molecular weight excluding hydrogens is 568 g/mol.